The Hall–Kier alpha value is -2.90. The van der Waals surface area contributed by atoms with Gasteiger partial charge in [-0.3, -0.25) is 0 Å². The molecule has 11 heteroatoms. The van der Waals surface area contributed by atoms with Gasteiger partial charge in [-0.1, -0.05) is 0 Å². The zero-order valence-electron chi connectivity index (χ0n) is 14.3. The van der Waals surface area contributed by atoms with Crippen molar-refractivity contribution in [2.45, 2.75) is 32.5 Å². The number of aryl methyl sites for hydroxylation is 1. The van der Waals surface area contributed by atoms with Crippen molar-refractivity contribution in [3.63, 3.8) is 0 Å². The molecule has 0 aliphatic carbocycles. The second-order valence-electron chi connectivity index (χ2n) is 5.70. The fraction of sp³-hybridized carbons (Fsp3) is 0.467. The molecule has 0 fully saturated rings. The summed E-state index contributed by atoms with van der Waals surface area (Å²) in [6.45, 7) is 3.91. The van der Waals surface area contributed by atoms with E-state index < -0.39 is 24.0 Å². The number of hydrogen-bond donors (Lipinski definition) is 2. The summed E-state index contributed by atoms with van der Waals surface area (Å²) in [7, 11) is 0. The highest BCUT2D eigenvalue weighted by atomic mass is 19.4. The quantitative estimate of drug-likeness (QED) is 0.757. The third-order valence-corrected chi connectivity index (χ3v) is 3.59. The third-order valence-electron chi connectivity index (χ3n) is 3.59. The zero-order chi connectivity index (χ0) is 19.5. The lowest BCUT2D eigenvalue weighted by Crippen LogP contribution is -2.31. The minimum Gasteiger partial charge on any atom is -0.370 e. The maximum Gasteiger partial charge on any atom is 0.421 e. The summed E-state index contributed by atoms with van der Waals surface area (Å²) in [4.78, 5) is 7.53. The predicted molar refractivity (Wildman–Crippen MR) is 86.7 cm³/mol. The predicted octanol–water partition coefficient (Wildman–Crippen LogP) is 3.38. The Balaban J connectivity index is 2.36. The number of halogens is 4. The van der Waals surface area contributed by atoms with Crippen LogP contribution in [0.3, 0.4) is 0 Å². The molecule has 1 atom stereocenters. The minimum atomic E-state index is -4.59. The maximum absolute atomic E-state index is 13.1. The molecule has 0 saturated heterocycles. The average Bonchev–Trinajstić information content (AvgIpc) is 2.95. The topological polar surface area (TPSA) is 91.5 Å². The maximum atomic E-state index is 13.1. The number of aromatic nitrogens is 4. The first-order valence-corrected chi connectivity index (χ1v) is 7.63. The lowest BCUT2D eigenvalue weighted by molar-refractivity contribution is -0.137. The SMILES string of the molecule is CCNc1nc(Nc2cn([C@](C)(C#N)CF)nc2C)ncc1C(F)(F)F. The van der Waals surface area contributed by atoms with Crippen molar-refractivity contribution in [3.8, 4) is 6.07 Å². The molecule has 2 aromatic heterocycles. The van der Waals surface area contributed by atoms with Gasteiger partial charge in [0.05, 0.1) is 23.6 Å². The van der Waals surface area contributed by atoms with Crippen LogP contribution in [0.25, 0.3) is 0 Å². The number of alkyl halides is 4. The van der Waals surface area contributed by atoms with E-state index in [4.69, 9.17) is 5.26 Å². The number of anilines is 3. The summed E-state index contributed by atoms with van der Waals surface area (Å²) in [6, 6.07) is 1.83. The molecule has 2 heterocycles. The lowest BCUT2D eigenvalue weighted by atomic mass is 10.1. The molecule has 2 rings (SSSR count). The van der Waals surface area contributed by atoms with Crippen molar-refractivity contribution in [2.24, 2.45) is 0 Å². The Kier molecular flexibility index (Phi) is 5.34. The Morgan fingerprint density at radius 3 is 2.58 bits per heavy atom. The third kappa shape index (κ3) is 3.84. The first-order chi connectivity index (χ1) is 12.1. The van der Waals surface area contributed by atoms with Crippen LogP contribution < -0.4 is 10.6 Å². The van der Waals surface area contributed by atoms with Gasteiger partial charge in [-0.05, 0) is 20.8 Å². The molecule has 2 N–H and O–H groups in total. The molecule has 0 saturated carbocycles. The minimum absolute atomic E-state index is 0.0875. The molecule has 0 aliphatic heterocycles. The summed E-state index contributed by atoms with van der Waals surface area (Å²) >= 11 is 0. The molecule has 0 bridgehead atoms. The van der Waals surface area contributed by atoms with Crippen molar-refractivity contribution >= 4 is 17.5 Å². The molecule has 0 aliphatic rings. The van der Waals surface area contributed by atoms with Crippen LogP contribution in [0.1, 0.15) is 25.1 Å². The smallest absolute Gasteiger partial charge is 0.370 e. The standard InChI is InChI=1S/C15H17F4N7/c1-4-21-12-10(15(17,18)19)5-22-13(24-12)23-11-6-26(25-9(11)2)14(3,7-16)8-20/h5-6H,4,7H2,1-3H3,(H2,21,22,23,24)/t14-/m0/s1. The Morgan fingerprint density at radius 2 is 2.04 bits per heavy atom. The molecule has 0 spiro atoms. The molecule has 7 nitrogen and oxygen atoms in total. The van der Waals surface area contributed by atoms with Crippen molar-refractivity contribution in [3.05, 3.63) is 23.7 Å². The second kappa shape index (κ2) is 7.15. The van der Waals surface area contributed by atoms with Crippen LogP contribution >= 0.6 is 0 Å². The molecule has 0 aromatic carbocycles. The number of nitrogens with zero attached hydrogens (tertiary/aromatic N) is 5. The highest BCUT2D eigenvalue weighted by molar-refractivity contribution is 5.58. The summed E-state index contributed by atoms with van der Waals surface area (Å²) in [5.41, 5.74) is -1.71. The molecule has 140 valence electrons. The Morgan fingerprint density at radius 1 is 1.35 bits per heavy atom. The molecule has 0 unspecified atom stereocenters. The Labute approximate surface area is 147 Å². The van der Waals surface area contributed by atoms with Crippen LogP contribution in [0, 0.1) is 18.3 Å². The first kappa shape index (κ1) is 19.4. The summed E-state index contributed by atoms with van der Waals surface area (Å²) in [5, 5.41) is 18.5. The van der Waals surface area contributed by atoms with Gasteiger partial charge in [0.2, 0.25) is 5.95 Å². The molecule has 2 aromatic rings. The molecule has 0 radical (unpaired) electrons. The fourth-order valence-electron chi connectivity index (χ4n) is 2.05. The highest BCUT2D eigenvalue weighted by Gasteiger charge is 2.35. The van der Waals surface area contributed by atoms with Crippen LogP contribution in [-0.4, -0.2) is 33.0 Å². The van der Waals surface area contributed by atoms with Crippen LogP contribution in [-0.2, 0) is 11.7 Å². The second-order valence-corrected chi connectivity index (χ2v) is 5.70. The molecular formula is C15H17F4N7. The summed E-state index contributed by atoms with van der Waals surface area (Å²) in [5.74, 6) is -0.441. The van der Waals surface area contributed by atoms with E-state index in [0.717, 1.165) is 4.68 Å². The van der Waals surface area contributed by atoms with Crippen LogP contribution in [0.2, 0.25) is 0 Å². The van der Waals surface area contributed by atoms with E-state index in [2.05, 4.69) is 25.7 Å². The van der Waals surface area contributed by atoms with Crippen molar-refractivity contribution in [2.75, 3.05) is 23.9 Å². The van der Waals surface area contributed by atoms with Gasteiger partial charge in [-0.2, -0.15) is 28.5 Å². The lowest BCUT2D eigenvalue weighted by Gasteiger charge is -2.17. The summed E-state index contributed by atoms with van der Waals surface area (Å²) in [6.07, 6.45) is -2.54. The van der Waals surface area contributed by atoms with Gasteiger partial charge >= 0.3 is 6.18 Å². The largest absolute Gasteiger partial charge is 0.421 e. The van der Waals surface area contributed by atoms with Gasteiger partial charge in [0.1, 0.15) is 18.1 Å². The van der Waals surface area contributed by atoms with E-state index in [1.807, 2.05) is 6.07 Å². The number of nitriles is 1. The van der Waals surface area contributed by atoms with E-state index in [1.165, 1.54) is 13.1 Å². The van der Waals surface area contributed by atoms with Crippen LogP contribution in [0.4, 0.5) is 35.0 Å². The number of rotatable bonds is 6. The van der Waals surface area contributed by atoms with E-state index in [1.54, 1.807) is 13.8 Å². The van der Waals surface area contributed by atoms with Gasteiger partial charge in [0.15, 0.2) is 5.54 Å². The van der Waals surface area contributed by atoms with Crippen LogP contribution in [0.5, 0.6) is 0 Å². The molecule has 0 amide bonds. The van der Waals surface area contributed by atoms with Gasteiger partial charge in [-0.15, -0.1) is 0 Å². The van der Waals surface area contributed by atoms with Gasteiger partial charge < -0.3 is 10.6 Å². The van der Waals surface area contributed by atoms with Crippen molar-refractivity contribution < 1.29 is 17.6 Å². The number of nitrogens with one attached hydrogen (secondary N) is 2. The van der Waals surface area contributed by atoms with Gasteiger partial charge in [-0.25, -0.2) is 14.1 Å². The first-order valence-electron chi connectivity index (χ1n) is 7.63. The van der Waals surface area contributed by atoms with E-state index in [-0.39, 0.29) is 18.3 Å². The zero-order valence-corrected chi connectivity index (χ0v) is 14.3. The number of hydrogen-bond acceptors (Lipinski definition) is 6. The highest BCUT2D eigenvalue weighted by Crippen LogP contribution is 2.34. The normalized spacial score (nSPS) is 13.8. The van der Waals surface area contributed by atoms with Crippen molar-refractivity contribution in [1.29, 1.82) is 5.26 Å². The van der Waals surface area contributed by atoms with E-state index in [9.17, 15) is 17.6 Å². The van der Waals surface area contributed by atoms with Gasteiger partial charge in [0, 0.05) is 12.7 Å². The van der Waals surface area contributed by atoms with E-state index >= 15 is 0 Å². The molecule has 26 heavy (non-hydrogen) atoms. The average molecular weight is 371 g/mol. The Bertz CT molecular complexity index is 824. The monoisotopic (exact) mass is 371 g/mol. The fourth-order valence-corrected chi connectivity index (χ4v) is 2.05. The van der Waals surface area contributed by atoms with E-state index in [0.29, 0.717) is 17.6 Å². The summed E-state index contributed by atoms with van der Waals surface area (Å²) < 4.78 is 53.3. The van der Waals surface area contributed by atoms with Crippen molar-refractivity contribution in [1.82, 2.24) is 19.7 Å². The van der Waals surface area contributed by atoms with Crippen LogP contribution in [0.15, 0.2) is 12.4 Å². The van der Waals surface area contributed by atoms with Gasteiger partial charge in [0.25, 0.3) is 0 Å². The molecular weight excluding hydrogens is 354 g/mol.